The van der Waals surface area contributed by atoms with Crippen molar-refractivity contribution in [3.63, 3.8) is 0 Å². The fraction of sp³-hybridized carbons (Fsp3) is 0.320. The number of rotatable bonds is 5. The van der Waals surface area contributed by atoms with Gasteiger partial charge in [-0.15, -0.1) is 0 Å². The van der Waals surface area contributed by atoms with E-state index >= 15 is 0 Å². The molecule has 5 rings (SSSR count). The molecule has 0 unspecified atom stereocenters. The maximum atomic E-state index is 13.5. The molecule has 1 aliphatic carbocycles. The zero-order chi connectivity index (χ0) is 24.6. The van der Waals surface area contributed by atoms with Crippen molar-refractivity contribution >= 4 is 39.6 Å². The Labute approximate surface area is 202 Å². The van der Waals surface area contributed by atoms with E-state index in [1.54, 1.807) is 6.07 Å². The van der Waals surface area contributed by atoms with Gasteiger partial charge in [0, 0.05) is 16.9 Å². The number of amides is 1. The lowest BCUT2D eigenvalue weighted by Crippen LogP contribution is -2.37. The Hall–Kier alpha value is -3.27. The molecule has 0 saturated heterocycles. The van der Waals surface area contributed by atoms with Crippen LogP contribution in [0, 0.1) is 0 Å². The third-order valence-electron chi connectivity index (χ3n) is 6.23. The minimum Gasteiger partial charge on any atom is -0.353 e. The summed E-state index contributed by atoms with van der Waals surface area (Å²) in [4.78, 5) is 33.9. The van der Waals surface area contributed by atoms with Crippen LogP contribution in [0.25, 0.3) is 27.6 Å². The molecule has 35 heavy (non-hydrogen) atoms. The molecular weight excluding hydrogens is 477 g/mol. The summed E-state index contributed by atoms with van der Waals surface area (Å²) >= 11 is 1.04. The van der Waals surface area contributed by atoms with Crippen LogP contribution in [0.15, 0.2) is 58.5 Å². The summed E-state index contributed by atoms with van der Waals surface area (Å²) < 4.78 is 41.3. The molecule has 2 aromatic carbocycles. The standard InChI is InChI=1S/C25H23F3N4O2S/c26-25(27,28)15-7-6-10-17(13-15)32-23(34)22-21(18-11-4-5-12-19(18)30-22)31-24(32)35-14-20(33)29-16-8-2-1-3-9-16/h4-7,10-13,16,30H,1-3,8-9,14H2,(H,29,33). The smallest absolute Gasteiger partial charge is 0.353 e. The lowest BCUT2D eigenvalue weighted by Gasteiger charge is -2.22. The van der Waals surface area contributed by atoms with Crippen molar-refractivity contribution in [2.75, 3.05) is 5.75 Å². The molecule has 1 aliphatic rings. The summed E-state index contributed by atoms with van der Waals surface area (Å²) in [7, 11) is 0. The van der Waals surface area contributed by atoms with Crippen LogP contribution in [0.5, 0.6) is 0 Å². The fourth-order valence-electron chi connectivity index (χ4n) is 4.53. The number of para-hydroxylation sites is 1. The van der Waals surface area contributed by atoms with E-state index in [-0.39, 0.29) is 34.1 Å². The largest absolute Gasteiger partial charge is 0.416 e. The monoisotopic (exact) mass is 500 g/mol. The Morgan fingerprint density at radius 2 is 1.89 bits per heavy atom. The number of thioether (sulfide) groups is 1. The molecular formula is C25H23F3N4O2S. The van der Waals surface area contributed by atoms with Gasteiger partial charge in [0.15, 0.2) is 5.16 Å². The minimum atomic E-state index is -4.56. The van der Waals surface area contributed by atoms with Crippen LogP contribution in [0.3, 0.4) is 0 Å². The van der Waals surface area contributed by atoms with Gasteiger partial charge in [0.05, 0.1) is 17.0 Å². The van der Waals surface area contributed by atoms with Crippen LogP contribution in [0.1, 0.15) is 37.7 Å². The highest BCUT2D eigenvalue weighted by Crippen LogP contribution is 2.32. The van der Waals surface area contributed by atoms with Gasteiger partial charge in [-0.3, -0.25) is 14.2 Å². The molecule has 0 atom stereocenters. The molecule has 1 amide bonds. The SMILES string of the molecule is O=C(CSc1nc2c([nH]c3ccccc32)c(=O)n1-c1cccc(C(F)(F)F)c1)NC1CCCCC1. The first-order chi connectivity index (χ1) is 16.8. The van der Waals surface area contributed by atoms with E-state index in [0.29, 0.717) is 11.0 Å². The first kappa shape index (κ1) is 23.5. The van der Waals surface area contributed by atoms with Crippen molar-refractivity contribution in [1.29, 1.82) is 0 Å². The Morgan fingerprint density at radius 3 is 2.66 bits per heavy atom. The molecule has 6 nitrogen and oxygen atoms in total. The normalized spacial score (nSPS) is 15.1. The molecule has 2 N–H and O–H groups in total. The van der Waals surface area contributed by atoms with Crippen molar-refractivity contribution < 1.29 is 18.0 Å². The van der Waals surface area contributed by atoms with Crippen LogP contribution in [0.2, 0.25) is 0 Å². The van der Waals surface area contributed by atoms with Gasteiger partial charge in [0.1, 0.15) is 11.0 Å². The number of fused-ring (bicyclic) bond motifs is 3. The molecule has 0 radical (unpaired) electrons. The van der Waals surface area contributed by atoms with Gasteiger partial charge in [0.25, 0.3) is 5.56 Å². The third kappa shape index (κ3) is 4.80. The molecule has 0 aliphatic heterocycles. The van der Waals surface area contributed by atoms with E-state index in [9.17, 15) is 22.8 Å². The summed E-state index contributed by atoms with van der Waals surface area (Å²) in [6.07, 6.45) is 0.623. The zero-order valence-corrected chi connectivity index (χ0v) is 19.5. The number of halogens is 3. The summed E-state index contributed by atoms with van der Waals surface area (Å²) in [6, 6.07) is 11.9. The van der Waals surface area contributed by atoms with Crippen molar-refractivity contribution in [2.45, 2.75) is 49.5 Å². The Morgan fingerprint density at radius 1 is 1.11 bits per heavy atom. The summed E-state index contributed by atoms with van der Waals surface area (Å²) in [5, 5.41) is 3.91. The first-order valence-corrected chi connectivity index (χ1v) is 12.4. The average molecular weight is 501 g/mol. The van der Waals surface area contributed by atoms with Crippen molar-refractivity contribution in [3.05, 3.63) is 64.4 Å². The van der Waals surface area contributed by atoms with E-state index in [1.165, 1.54) is 18.6 Å². The van der Waals surface area contributed by atoms with Crippen LogP contribution >= 0.6 is 11.8 Å². The quantitative estimate of drug-likeness (QED) is 0.283. The second kappa shape index (κ2) is 9.41. The lowest BCUT2D eigenvalue weighted by molar-refractivity contribution is -0.137. The highest BCUT2D eigenvalue weighted by Gasteiger charge is 2.31. The van der Waals surface area contributed by atoms with E-state index in [2.05, 4.69) is 15.3 Å². The molecule has 182 valence electrons. The number of benzene rings is 2. The number of alkyl halides is 3. The van der Waals surface area contributed by atoms with Gasteiger partial charge in [-0.25, -0.2) is 4.98 Å². The predicted octanol–water partition coefficient (Wildman–Crippen LogP) is 5.43. The molecule has 2 aromatic heterocycles. The lowest BCUT2D eigenvalue weighted by atomic mass is 9.95. The van der Waals surface area contributed by atoms with E-state index in [1.807, 2.05) is 18.2 Å². The number of carbonyl (C=O) groups excluding carboxylic acids is 1. The first-order valence-electron chi connectivity index (χ1n) is 11.4. The molecule has 10 heteroatoms. The molecule has 4 aromatic rings. The van der Waals surface area contributed by atoms with Gasteiger partial charge in [0.2, 0.25) is 5.91 Å². The van der Waals surface area contributed by atoms with Crippen LogP contribution in [-0.2, 0) is 11.0 Å². The average Bonchev–Trinajstić information content (AvgIpc) is 3.22. The van der Waals surface area contributed by atoms with Crippen molar-refractivity contribution in [1.82, 2.24) is 19.9 Å². The highest BCUT2D eigenvalue weighted by atomic mass is 32.2. The summed E-state index contributed by atoms with van der Waals surface area (Å²) in [5.41, 5.74) is -0.0538. The molecule has 0 spiro atoms. The maximum Gasteiger partial charge on any atom is 0.416 e. The minimum absolute atomic E-state index is 0.00420. The number of carbonyl (C=O) groups is 1. The molecule has 1 saturated carbocycles. The number of nitrogens with zero attached hydrogens (tertiary/aromatic N) is 2. The van der Waals surface area contributed by atoms with Gasteiger partial charge in [-0.2, -0.15) is 13.2 Å². The highest BCUT2D eigenvalue weighted by molar-refractivity contribution is 7.99. The van der Waals surface area contributed by atoms with Gasteiger partial charge in [-0.05, 0) is 37.1 Å². The topological polar surface area (TPSA) is 79.8 Å². The fourth-order valence-corrected chi connectivity index (χ4v) is 5.35. The summed E-state index contributed by atoms with van der Waals surface area (Å²) in [5.74, 6) is -0.193. The number of nitrogens with one attached hydrogen (secondary N) is 2. The van der Waals surface area contributed by atoms with Crippen molar-refractivity contribution in [2.24, 2.45) is 0 Å². The van der Waals surface area contributed by atoms with Gasteiger partial charge in [-0.1, -0.05) is 55.3 Å². The Balaban J connectivity index is 1.57. The Kier molecular flexibility index (Phi) is 6.31. The number of hydrogen-bond acceptors (Lipinski definition) is 4. The number of H-pyrrole nitrogens is 1. The third-order valence-corrected chi connectivity index (χ3v) is 7.17. The molecule has 1 fully saturated rings. The Bertz CT molecular complexity index is 1450. The van der Waals surface area contributed by atoms with Crippen LogP contribution in [-0.4, -0.2) is 32.2 Å². The number of hydrogen-bond donors (Lipinski definition) is 2. The van der Waals surface area contributed by atoms with Crippen molar-refractivity contribution in [3.8, 4) is 5.69 Å². The molecule has 2 heterocycles. The van der Waals surface area contributed by atoms with Gasteiger partial charge < -0.3 is 10.3 Å². The van der Waals surface area contributed by atoms with E-state index < -0.39 is 17.3 Å². The second-order valence-electron chi connectivity index (χ2n) is 8.67. The predicted molar refractivity (Wildman–Crippen MR) is 130 cm³/mol. The van der Waals surface area contributed by atoms with E-state index in [4.69, 9.17) is 0 Å². The molecule has 0 bridgehead atoms. The van der Waals surface area contributed by atoms with E-state index in [0.717, 1.165) is 59.5 Å². The summed E-state index contributed by atoms with van der Waals surface area (Å²) in [6.45, 7) is 0. The maximum absolute atomic E-state index is 13.5. The van der Waals surface area contributed by atoms with Crippen LogP contribution < -0.4 is 10.9 Å². The van der Waals surface area contributed by atoms with Gasteiger partial charge >= 0.3 is 6.18 Å². The van der Waals surface area contributed by atoms with Crippen LogP contribution in [0.4, 0.5) is 13.2 Å². The number of aromatic nitrogens is 3. The zero-order valence-electron chi connectivity index (χ0n) is 18.7. The second-order valence-corrected chi connectivity index (χ2v) is 9.61. The number of aromatic amines is 1.